The van der Waals surface area contributed by atoms with Crippen molar-refractivity contribution in [3.63, 3.8) is 0 Å². The Hall–Kier alpha value is -5.32. The van der Waals surface area contributed by atoms with Crippen molar-refractivity contribution >= 4 is 45.0 Å². The highest BCUT2D eigenvalue weighted by Gasteiger charge is 2.08. The first kappa shape index (κ1) is 31.7. The molecule has 236 valence electrons. The van der Waals surface area contributed by atoms with Crippen LogP contribution < -0.4 is 0 Å². The monoisotopic (exact) mass is 662 g/mol. The van der Waals surface area contributed by atoms with Crippen molar-refractivity contribution in [1.82, 2.24) is 49.1 Å². The van der Waals surface area contributed by atoms with Crippen LogP contribution in [0.15, 0.2) is 122 Å². The lowest BCUT2D eigenvalue weighted by atomic mass is 10.1. The molecule has 12 heteroatoms. The van der Waals surface area contributed by atoms with Gasteiger partial charge < -0.3 is 0 Å². The van der Waals surface area contributed by atoms with E-state index in [1.54, 1.807) is 31.0 Å². The van der Waals surface area contributed by atoms with Crippen molar-refractivity contribution in [2.75, 3.05) is 0 Å². The highest BCUT2D eigenvalue weighted by atomic mass is 35.5. The van der Waals surface area contributed by atoms with Crippen molar-refractivity contribution < 1.29 is 0 Å². The molecule has 47 heavy (non-hydrogen) atoms. The van der Waals surface area contributed by atoms with Crippen molar-refractivity contribution in [1.29, 1.82) is 0 Å². The van der Waals surface area contributed by atoms with E-state index in [1.807, 2.05) is 61.6 Å². The van der Waals surface area contributed by atoms with E-state index in [-0.39, 0.29) is 7.43 Å². The fourth-order valence-corrected chi connectivity index (χ4v) is 5.57. The minimum absolute atomic E-state index is 0. The number of pyridine rings is 2. The van der Waals surface area contributed by atoms with E-state index < -0.39 is 0 Å². The van der Waals surface area contributed by atoms with Crippen molar-refractivity contribution in [2.24, 2.45) is 0 Å². The van der Waals surface area contributed by atoms with E-state index in [0.29, 0.717) is 23.4 Å². The van der Waals surface area contributed by atoms with Crippen LogP contribution in [-0.2, 0) is 26.2 Å². The molecule has 8 rings (SSSR count). The molecule has 6 heterocycles. The largest absolute Gasteiger partial charge is 0.268 e. The summed E-state index contributed by atoms with van der Waals surface area (Å²) in [5.41, 5.74) is 6.66. The maximum Gasteiger partial charge on any atom is 0.139 e. The van der Waals surface area contributed by atoms with Crippen LogP contribution in [0.5, 0.6) is 0 Å². The Balaban J connectivity index is 0.000000161. The maximum absolute atomic E-state index is 6.09. The van der Waals surface area contributed by atoms with E-state index in [2.05, 4.69) is 78.9 Å². The van der Waals surface area contributed by atoms with Gasteiger partial charge in [-0.3, -0.25) is 18.7 Å². The Bertz CT molecular complexity index is 2150. The number of halogens is 2. The molecule has 0 fully saturated rings. The third kappa shape index (κ3) is 7.57. The van der Waals surface area contributed by atoms with Gasteiger partial charge in [-0.1, -0.05) is 79.2 Å². The predicted molar refractivity (Wildman–Crippen MR) is 186 cm³/mol. The molecule has 2 aromatic carbocycles. The summed E-state index contributed by atoms with van der Waals surface area (Å²) >= 11 is 12.2. The number of aromatic nitrogens is 10. The lowest BCUT2D eigenvalue weighted by Crippen LogP contribution is -2.03. The number of fused-ring (bicyclic) bond motifs is 2. The Morgan fingerprint density at radius 3 is 1.57 bits per heavy atom. The Morgan fingerprint density at radius 2 is 1.04 bits per heavy atom. The quantitative estimate of drug-likeness (QED) is 0.157. The van der Waals surface area contributed by atoms with Crippen LogP contribution in [0.25, 0.3) is 21.8 Å². The van der Waals surface area contributed by atoms with E-state index in [9.17, 15) is 0 Å². The molecule has 0 bridgehead atoms. The van der Waals surface area contributed by atoms with Gasteiger partial charge in [-0.25, -0.2) is 9.97 Å². The van der Waals surface area contributed by atoms with Crippen LogP contribution in [0.2, 0.25) is 10.3 Å². The summed E-state index contributed by atoms with van der Waals surface area (Å²) in [4.78, 5) is 8.16. The molecule has 0 aliphatic rings. The average molecular weight is 664 g/mol. The lowest BCUT2D eigenvalue weighted by Gasteiger charge is -2.06. The zero-order valence-electron chi connectivity index (χ0n) is 24.6. The topological polar surface area (TPSA) is 97.1 Å². The Morgan fingerprint density at radius 1 is 0.532 bits per heavy atom. The van der Waals surface area contributed by atoms with Crippen LogP contribution in [0.3, 0.4) is 0 Å². The van der Waals surface area contributed by atoms with Crippen LogP contribution in [-0.4, -0.2) is 49.1 Å². The van der Waals surface area contributed by atoms with Crippen LogP contribution in [0, 0.1) is 0 Å². The second-order valence-electron chi connectivity index (χ2n) is 10.7. The summed E-state index contributed by atoms with van der Waals surface area (Å²) in [5, 5.41) is 20.1. The highest BCUT2D eigenvalue weighted by molar-refractivity contribution is 6.34. The summed E-state index contributed by atoms with van der Waals surface area (Å²) in [6.45, 7) is 2.96. The second-order valence-corrected chi connectivity index (χ2v) is 11.5. The van der Waals surface area contributed by atoms with E-state index in [4.69, 9.17) is 23.2 Å². The van der Waals surface area contributed by atoms with E-state index >= 15 is 0 Å². The molecule has 0 N–H and O–H groups in total. The maximum atomic E-state index is 6.09. The SMILES string of the molecule is C.Clc1nccc2c1cnn2Cc1ccc(Cn2cccn2)cc1.Clc1nccc2nn(Cc3ccc(Cn4cccn4)cc3)cc12. The molecule has 0 spiro atoms. The van der Waals surface area contributed by atoms with Gasteiger partial charge in [0.1, 0.15) is 10.3 Å². The summed E-state index contributed by atoms with van der Waals surface area (Å²) in [6, 6.07) is 24.6. The summed E-state index contributed by atoms with van der Waals surface area (Å²) < 4.78 is 7.64. The van der Waals surface area contributed by atoms with Crippen LogP contribution in [0.4, 0.5) is 0 Å². The van der Waals surface area contributed by atoms with Crippen LogP contribution >= 0.6 is 23.2 Å². The molecule has 10 nitrogen and oxygen atoms in total. The number of hydrogen-bond acceptors (Lipinski definition) is 6. The molecule has 0 saturated carbocycles. The number of hydrogen-bond donors (Lipinski definition) is 0. The van der Waals surface area contributed by atoms with Gasteiger partial charge in [0.05, 0.1) is 54.2 Å². The number of rotatable bonds is 8. The van der Waals surface area contributed by atoms with Gasteiger partial charge in [0.15, 0.2) is 0 Å². The first-order valence-corrected chi connectivity index (χ1v) is 15.4. The van der Waals surface area contributed by atoms with Crippen molar-refractivity contribution in [2.45, 2.75) is 33.6 Å². The molecule has 0 saturated heterocycles. The second kappa shape index (κ2) is 14.4. The van der Waals surface area contributed by atoms with Gasteiger partial charge in [0.2, 0.25) is 0 Å². The molecular weight excluding hydrogens is 631 g/mol. The lowest BCUT2D eigenvalue weighted by molar-refractivity contribution is 0.682. The molecular formula is C35H32Cl2N10. The molecule has 0 radical (unpaired) electrons. The van der Waals surface area contributed by atoms with Crippen molar-refractivity contribution in [3.05, 3.63) is 155 Å². The molecule has 0 aliphatic heterocycles. The summed E-state index contributed by atoms with van der Waals surface area (Å²) in [5.74, 6) is 0. The Labute approximate surface area is 281 Å². The van der Waals surface area contributed by atoms with E-state index in [1.165, 1.54) is 22.3 Å². The first-order valence-electron chi connectivity index (χ1n) is 14.6. The Kier molecular flexibility index (Phi) is 9.70. The predicted octanol–water partition coefficient (Wildman–Crippen LogP) is 7.39. The standard InChI is InChI=1S/2C17H14ClN5.CH4/c18-17-15-10-21-23(16(15)6-8-19-17)12-14-4-2-13(3-5-14)11-22-9-1-7-20-22;18-17-15-12-23(21-16(15)6-8-19-17)11-14-4-2-13(3-5-14)10-22-9-1-7-20-22;/h1-10H,11-12H2;1-9,12H,10-11H2;1H4. The fraction of sp³-hybridized carbons (Fsp3) is 0.143. The molecule has 0 aliphatic carbocycles. The van der Waals surface area contributed by atoms with Gasteiger partial charge in [-0.2, -0.15) is 20.4 Å². The normalized spacial score (nSPS) is 10.9. The third-order valence-corrected chi connectivity index (χ3v) is 8.09. The fourth-order valence-electron chi connectivity index (χ4n) is 5.16. The molecule has 8 aromatic rings. The molecule has 0 unspecified atom stereocenters. The molecule has 0 amide bonds. The van der Waals surface area contributed by atoms with Gasteiger partial charge in [-0.05, 0) is 46.5 Å². The van der Waals surface area contributed by atoms with E-state index in [0.717, 1.165) is 34.9 Å². The van der Waals surface area contributed by atoms with Crippen molar-refractivity contribution in [3.8, 4) is 0 Å². The third-order valence-electron chi connectivity index (χ3n) is 7.49. The molecule has 0 atom stereocenters. The summed E-state index contributed by atoms with van der Waals surface area (Å²) in [6.07, 6.45) is 14.6. The first-order chi connectivity index (χ1) is 22.6. The number of benzene rings is 2. The van der Waals surface area contributed by atoms with Crippen LogP contribution in [0.1, 0.15) is 29.7 Å². The number of nitrogens with zero attached hydrogens (tertiary/aromatic N) is 10. The van der Waals surface area contributed by atoms with Gasteiger partial charge in [0.25, 0.3) is 0 Å². The summed E-state index contributed by atoms with van der Waals surface area (Å²) in [7, 11) is 0. The average Bonchev–Trinajstić information content (AvgIpc) is 3.89. The minimum atomic E-state index is 0. The van der Waals surface area contributed by atoms with Gasteiger partial charge in [-0.15, -0.1) is 0 Å². The minimum Gasteiger partial charge on any atom is -0.268 e. The zero-order valence-corrected chi connectivity index (χ0v) is 26.1. The van der Waals surface area contributed by atoms with Gasteiger partial charge in [0, 0.05) is 43.4 Å². The highest BCUT2D eigenvalue weighted by Crippen LogP contribution is 2.22. The molecule has 6 aromatic heterocycles. The zero-order chi connectivity index (χ0) is 31.3. The smallest absolute Gasteiger partial charge is 0.139 e. The van der Waals surface area contributed by atoms with Gasteiger partial charge >= 0.3 is 0 Å².